The van der Waals surface area contributed by atoms with Crippen molar-refractivity contribution in [2.75, 3.05) is 5.32 Å². The van der Waals surface area contributed by atoms with Crippen molar-refractivity contribution in [3.63, 3.8) is 0 Å². The number of nitrogens with one attached hydrogen (secondary N) is 1. The zero-order valence-electron chi connectivity index (χ0n) is 14.4. The van der Waals surface area contributed by atoms with Crippen LogP contribution >= 0.6 is 0 Å². The van der Waals surface area contributed by atoms with Crippen molar-refractivity contribution in [3.05, 3.63) is 40.6 Å². The predicted molar refractivity (Wildman–Crippen MR) is 96.7 cm³/mol. The van der Waals surface area contributed by atoms with Crippen LogP contribution in [-0.4, -0.2) is 19.9 Å². The van der Waals surface area contributed by atoms with Crippen LogP contribution in [0.3, 0.4) is 0 Å². The molecule has 2 heterocycles. The first-order valence-electron chi connectivity index (χ1n) is 8.32. The summed E-state index contributed by atoms with van der Waals surface area (Å²) in [6, 6.07) is 6.16. The monoisotopic (exact) mass is 345 g/mol. The van der Waals surface area contributed by atoms with Gasteiger partial charge in [0.05, 0.1) is 22.9 Å². The summed E-state index contributed by atoms with van der Waals surface area (Å²) in [7, 11) is -0.919. The summed E-state index contributed by atoms with van der Waals surface area (Å²) in [4.78, 5) is 12.2. The number of aromatic nitrogens is 2. The zero-order valence-corrected chi connectivity index (χ0v) is 15.2. The minimum absolute atomic E-state index is 0.0109. The van der Waals surface area contributed by atoms with Crippen molar-refractivity contribution in [2.45, 2.75) is 51.5 Å². The minimum atomic E-state index is -0.919. The molecular weight excluding hydrogens is 322 g/mol. The molecule has 1 amide bonds. The van der Waals surface area contributed by atoms with Crippen LogP contribution in [0.15, 0.2) is 18.2 Å². The number of fused-ring (bicyclic) bond motifs is 1. The van der Waals surface area contributed by atoms with Crippen molar-refractivity contribution in [3.8, 4) is 5.69 Å². The highest BCUT2D eigenvalue weighted by atomic mass is 32.2. The third-order valence-electron chi connectivity index (χ3n) is 4.27. The van der Waals surface area contributed by atoms with Crippen molar-refractivity contribution in [2.24, 2.45) is 0 Å². The minimum Gasteiger partial charge on any atom is -0.310 e. The van der Waals surface area contributed by atoms with E-state index >= 15 is 0 Å². The summed E-state index contributed by atoms with van der Waals surface area (Å²) >= 11 is 0. The van der Waals surface area contributed by atoms with Crippen molar-refractivity contribution >= 4 is 22.5 Å². The summed E-state index contributed by atoms with van der Waals surface area (Å²) in [5, 5.41) is 7.66. The first-order valence-corrected chi connectivity index (χ1v) is 9.81. The fourth-order valence-corrected chi connectivity index (χ4v) is 4.27. The lowest BCUT2D eigenvalue weighted by atomic mass is 10.1. The van der Waals surface area contributed by atoms with Gasteiger partial charge in [-0.2, -0.15) is 5.10 Å². The number of carbonyl (C=O) groups is 1. The van der Waals surface area contributed by atoms with Crippen LogP contribution in [-0.2, 0) is 27.1 Å². The van der Waals surface area contributed by atoms with E-state index in [-0.39, 0.29) is 5.91 Å². The van der Waals surface area contributed by atoms with Gasteiger partial charge in [-0.1, -0.05) is 31.0 Å². The number of rotatable bonds is 5. The number of amides is 1. The third kappa shape index (κ3) is 3.29. The molecule has 24 heavy (non-hydrogen) atoms. The van der Waals surface area contributed by atoms with E-state index in [1.807, 2.05) is 19.1 Å². The average Bonchev–Trinajstić information content (AvgIpc) is 3.03. The van der Waals surface area contributed by atoms with Gasteiger partial charge in [-0.3, -0.25) is 9.00 Å². The van der Waals surface area contributed by atoms with Gasteiger partial charge >= 0.3 is 0 Å². The molecule has 0 spiro atoms. The van der Waals surface area contributed by atoms with Gasteiger partial charge < -0.3 is 5.32 Å². The number of hydrogen-bond donors (Lipinski definition) is 1. The number of benzene rings is 1. The molecular formula is C18H23N3O2S. The predicted octanol–water partition coefficient (Wildman–Crippen LogP) is 3.38. The van der Waals surface area contributed by atoms with Gasteiger partial charge in [-0.15, -0.1) is 0 Å². The Hall–Kier alpha value is -1.95. The Morgan fingerprint density at radius 2 is 2.12 bits per heavy atom. The Kier molecular flexibility index (Phi) is 4.85. The molecule has 2 aromatic rings. The molecule has 1 aliphatic rings. The fourth-order valence-electron chi connectivity index (χ4n) is 3.01. The Bertz CT molecular complexity index is 811. The Balaban J connectivity index is 2.01. The van der Waals surface area contributed by atoms with Crippen LogP contribution < -0.4 is 5.32 Å². The lowest BCUT2D eigenvalue weighted by molar-refractivity contribution is -0.116. The van der Waals surface area contributed by atoms with E-state index in [0.717, 1.165) is 35.3 Å². The SMILES string of the molecule is CCCCC(=O)Nc1c2c(nn1-c1ccc(C)cc1C)CS(=O)C2. The summed E-state index contributed by atoms with van der Waals surface area (Å²) in [6.45, 7) is 6.15. The molecule has 1 aromatic carbocycles. The maximum atomic E-state index is 12.2. The fraction of sp³-hybridized carbons (Fsp3) is 0.444. The number of nitrogens with zero attached hydrogens (tertiary/aromatic N) is 2. The van der Waals surface area contributed by atoms with Crippen LogP contribution in [0.25, 0.3) is 5.69 Å². The molecule has 1 aromatic heterocycles. The number of anilines is 1. The highest BCUT2D eigenvalue weighted by molar-refractivity contribution is 7.83. The largest absolute Gasteiger partial charge is 0.310 e. The maximum Gasteiger partial charge on any atom is 0.225 e. The second kappa shape index (κ2) is 6.89. The molecule has 0 fully saturated rings. The van der Waals surface area contributed by atoms with E-state index < -0.39 is 10.8 Å². The first kappa shape index (κ1) is 16.9. The van der Waals surface area contributed by atoms with Gasteiger partial charge in [0, 0.05) is 22.8 Å². The first-order chi connectivity index (χ1) is 11.5. The number of hydrogen-bond acceptors (Lipinski definition) is 3. The third-order valence-corrected chi connectivity index (χ3v) is 5.47. The summed E-state index contributed by atoms with van der Waals surface area (Å²) in [5.74, 6) is 1.60. The van der Waals surface area contributed by atoms with Crippen molar-refractivity contribution in [1.82, 2.24) is 9.78 Å². The summed E-state index contributed by atoms with van der Waals surface area (Å²) < 4.78 is 13.7. The van der Waals surface area contributed by atoms with E-state index in [0.29, 0.717) is 23.7 Å². The Morgan fingerprint density at radius 3 is 2.83 bits per heavy atom. The van der Waals surface area contributed by atoms with Crippen LogP contribution in [0, 0.1) is 13.8 Å². The topological polar surface area (TPSA) is 64.0 Å². The molecule has 1 aliphatic heterocycles. The lowest BCUT2D eigenvalue weighted by Crippen LogP contribution is -2.16. The molecule has 0 saturated heterocycles. The Labute approximate surface area is 144 Å². The maximum absolute atomic E-state index is 12.2. The number of unbranched alkanes of at least 4 members (excludes halogenated alkanes) is 1. The standard InChI is InChI=1S/C18H23N3O2S/c1-4-5-6-17(22)19-18-14-10-24(23)11-15(14)20-21(18)16-8-7-12(2)9-13(16)3/h7-9H,4-6,10-11H2,1-3H3,(H,19,22). The molecule has 5 nitrogen and oxygen atoms in total. The molecule has 1 atom stereocenters. The second-order valence-corrected chi connectivity index (χ2v) is 7.81. The second-order valence-electron chi connectivity index (χ2n) is 6.36. The van der Waals surface area contributed by atoms with Gasteiger partial charge in [0.2, 0.25) is 5.91 Å². The molecule has 128 valence electrons. The van der Waals surface area contributed by atoms with E-state index in [1.54, 1.807) is 4.68 Å². The molecule has 6 heteroatoms. The molecule has 0 saturated carbocycles. The Morgan fingerprint density at radius 1 is 1.33 bits per heavy atom. The normalized spacial score (nSPS) is 16.2. The van der Waals surface area contributed by atoms with Gasteiger partial charge in [0.15, 0.2) is 0 Å². The summed E-state index contributed by atoms with van der Waals surface area (Å²) in [6.07, 6.45) is 2.33. The average molecular weight is 345 g/mol. The van der Waals surface area contributed by atoms with Crippen LogP contribution in [0.2, 0.25) is 0 Å². The van der Waals surface area contributed by atoms with Gasteiger partial charge in [0.1, 0.15) is 5.82 Å². The van der Waals surface area contributed by atoms with Crippen molar-refractivity contribution in [1.29, 1.82) is 0 Å². The highest BCUT2D eigenvalue weighted by Gasteiger charge is 2.28. The van der Waals surface area contributed by atoms with E-state index in [1.165, 1.54) is 5.56 Å². The smallest absolute Gasteiger partial charge is 0.225 e. The van der Waals surface area contributed by atoms with Crippen LogP contribution in [0.5, 0.6) is 0 Å². The quantitative estimate of drug-likeness (QED) is 0.903. The summed E-state index contributed by atoms with van der Waals surface area (Å²) in [5.41, 5.74) is 4.98. The molecule has 0 bridgehead atoms. The van der Waals surface area contributed by atoms with Crippen LogP contribution in [0.1, 0.15) is 48.6 Å². The molecule has 3 rings (SSSR count). The molecule has 1 N–H and O–H groups in total. The lowest BCUT2D eigenvalue weighted by Gasteiger charge is -2.13. The van der Waals surface area contributed by atoms with Gasteiger partial charge in [-0.25, -0.2) is 4.68 Å². The molecule has 0 aliphatic carbocycles. The van der Waals surface area contributed by atoms with Gasteiger partial charge in [0.25, 0.3) is 0 Å². The van der Waals surface area contributed by atoms with E-state index in [9.17, 15) is 9.00 Å². The van der Waals surface area contributed by atoms with Crippen molar-refractivity contribution < 1.29 is 9.00 Å². The zero-order chi connectivity index (χ0) is 17.3. The molecule has 0 radical (unpaired) electrons. The van der Waals surface area contributed by atoms with Gasteiger partial charge in [-0.05, 0) is 31.9 Å². The highest BCUT2D eigenvalue weighted by Crippen LogP contribution is 2.32. The van der Waals surface area contributed by atoms with E-state index in [2.05, 4.69) is 30.3 Å². The van der Waals surface area contributed by atoms with E-state index in [4.69, 9.17) is 0 Å². The molecule has 1 unspecified atom stereocenters. The number of aryl methyl sites for hydroxylation is 2. The van der Waals surface area contributed by atoms with Crippen LogP contribution in [0.4, 0.5) is 5.82 Å². The number of carbonyl (C=O) groups excluding carboxylic acids is 1.